The van der Waals surface area contributed by atoms with Crippen LogP contribution >= 0.6 is 11.8 Å². The largest absolute Gasteiger partial charge is 0.493 e. The summed E-state index contributed by atoms with van der Waals surface area (Å²) >= 11 is 1.20. The molecule has 0 bridgehead atoms. The summed E-state index contributed by atoms with van der Waals surface area (Å²) in [5.41, 5.74) is -0.504. The van der Waals surface area contributed by atoms with Crippen molar-refractivity contribution < 1.29 is 9.90 Å². The van der Waals surface area contributed by atoms with E-state index in [1.165, 1.54) is 11.8 Å². The lowest BCUT2D eigenvalue weighted by Gasteiger charge is -2.24. The van der Waals surface area contributed by atoms with E-state index in [1.807, 2.05) is 20.8 Å². The van der Waals surface area contributed by atoms with E-state index >= 15 is 0 Å². The lowest BCUT2D eigenvalue weighted by atomic mass is 10.0. The number of nitrogens with zero attached hydrogens (tertiary/aromatic N) is 2. The summed E-state index contributed by atoms with van der Waals surface area (Å²) in [5.74, 6) is -0.218. The minimum Gasteiger partial charge on any atom is -0.493 e. The maximum Gasteiger partial charge on any atom is 0.258 e. The minimum atomic E-state index is -0.291. The van der Waals surface area contributed by atoms with Gasteiger partial charge >= 0.3 is 0 Å². The molecule has 1 aliphatic carbocycles. The number of hydrogen-bond acceptors (Lipinski definition) is 5. The summed E-state index contributed by atoms with van der Waals surface area (Å²) in [5, 5.41) is 13.0. The molecule has 1 aliphatic rings. The Morgan fingerprint density at radius 1 is 1.48 bits per heavy atom. The van der Waals surface area contributed by atoms with Gasteiger partial charge in [0.15, 0.2) is 5.16 Å². The van der Waals surface area contributed by atoms with E-state index in [0.29, 0.717) is 5.16 Å². The molecule has 0 unspecified atom stereocenters. The van der Waals surface area contributed by atoms with Gasteiger partial charge < -0.3 is 10.4 Å². The first-order valence-corrected chi connectivity index (χ1v) is 9.07. The van der Waals surface area contributed by atoms with Crippen LogP contribution < -0.4 is 10.9 Å². The molecule has 7 heteroatoms. The highest BCUT2D eigenvalue weighted by Gasteiger charge is 2.23. The Morgan fingerprint density at radius 2 is 2.13 bits per heavy atom. The van der Waals surface area contributed by atoms with E-state index in [2.05, 4.69) is 10.3 Å². The van der Waals surface area contributed by atoms with Crippen LogP contribution in [0.25, 0.3) is 0 Å². The maximum absolute atomic E-state index is 12.2. The predicted molar refractivity (Wildman–Crippen MR) is 90.9 cm³/mol. The van der Waals surface area contributed by atoms with Gasteiger partial charge in [-0.1, -0.05) is 31.5 Å². The van der Waals surface area contributed by atoms with Crippen molar-refractivity contribution >= 4 is 17.7 Å². The maximum atomic E-state index is 12.2. The molecule has 23 heavy (non-hydrogen) atoms. The molecule has 0 radical (unpaired) electrons. The van der Waals surface area contributed by atoms with Gasteiger partial charge in [-0.2, -0.15) is 4.98 Å². The van der Waals surface area contributed by atoms with Crippen LogP contribution in [0.2, 0.25) is 0 Å². The predicted octanol–water partition coefficient (Wildman–Crippen LogP) is 2.46. The molecule has 1 saturated carbocycles. The van der Waals surface area contributed by atoms with E-state index in [-0.39, 0.29) is 34.7 Å². The van der Waals surface area contributed by atoms with Crippen molar-refractivity contribution in [1.82, 2.24) is 14.9 Å². The molecule has 1 heterocycles. The third-order valence-corrected chi connectivity index (χ3v) is 5.24. The number of amides is 1. The third-order valence-electron chi connectivity index (χ3n) is 4.29. The lowest BCUT2D eigenvalue weighted by Crippen LogP contribution is -2.43. The highest BCUT2D eigenvalue weighted by Crippen LogP contribution is 2.31. The van der Waals surface area contributed by atoms with Crippen LogP contribution in [-0.2, 0) is 4.79 Å². The first-order chi connectivity index (χ1) is 10.8. The molecule has 2 rings (SSSR count). The Kier molecular flexibility index (Phi) is 5.73. The average Bonchev–Trinajstić information content (AvgIpc) is 2.97. The molecule has 6 nitrogen and oxygen atoms in total. The summed E-state index contributed by atoms with van der Waals surface area (Å²) in [6, 6.07) is 1.26. The Hall–Kier alpha value is -1.50. The fraction of sp³-hybridized carbons (Fsp3) is 0.688. The molecule has 1 aromatic heterocycles. The van der Waals surface area contributed by atoms with Crippen LogP contribution in [0.5, 0.6) is 5.88 Å². The normalized spacial score (nSPS) is 15.8. The van der Waals surface area contributed by atoms with Crippen molar-refractivity contribution in [1.29, 1.82) is 0 Å². The fourth-order valence-electron chi connectivity index (χ4n) is 2.69. The molecule has 0 aromatic carbocycles. The topological polar surface area (TPSA) is 84.2 Å². The van der Waals surface area contributed by atoms with Crippen molar-refractivity contribution in [2.75, 3.05) is 5.75 Å². The molecule has 128 valence electrons. The van der Waals surface area contributed by atoms with Crippen molar-refractivity contribution in [3.8, 4) is 5.88 Å². The van der Waals surface area contributed by atoms with Gasteiger partial charge in [0.1, 0.15) is 0 Å². The highest BCUT2D eigenvalue weighted by molar-refractivity contribution is 7.99. The van der Waals surface area contributed by atoms with Crippen molar-refractivity contribution in [2.45, 2.75) is 69.6 Å². The fourth-order valence-corrected chi connectivity index (χ4v) is 3.56. The zero-order valence-corrected chi connectivity index (χ0v) is 14.8. The van der Waals surface area contributed by atoms with Crippen LogP contribution in [0.3, 0.4) is 0 Å². The number of hydrogen-bond donors (Lipinski definition) is 2. The van der Waals surface area contributed by atoms with E-state index in [4.69, 9.17) is 0 Å². The van der Waals surface area contributed by atoms with Gasteiger partial charge in [0, 0.05) is 11.6 Å². The van der Waals surface area contributed by atoms with Gasteiger partial charge in [0.25, 0.3) is 5.56 Å². The quantitative estimate of drug-likeness (QED) is 0.614. The Bertz CT molecular complexity index is 621. The Labute approximate surface area is 140 Å². The molecule has 0 atom stereocenters. The highest BCUT2D eigenvalue weighted by atomic mass is 32.2. The van der Waals surface area contributed by atoms with E-state index in [9.17, 15) is 14.7 Å². The summed E-state index contributed by atoms with van der Waals surface area (Å²) in [6.45, 7) is 5.95. The second kappa shape index (κ2) is 7.38. The van der Waals surface area contributed by atoms with Crippen LogP contribution in [0.15, 0.2) is 16.0 Å². The van der Waals surface area contributed by atoms with Crippen LogP contribution in [0, 0.1) is 0 Å². The lowest BCUT2D eigenvalue weighted by molar-refractivity contribution is -0.120. The van der Waals surface area contributed by atoms with Crippen LogP contribution in [-0.4, -0.2) is 31.9 Å². The number of thioether (sulfide) groups is 1. The number of aromatic nitrogens is 2. The minimum absolute atomic E-state index is 0.0996. The SMILES string of the molecule is CCC(C)(C)NC(=O)CSc1nc(O)cc(=O)n1C1CCCC1. The Balaban J connectivity index is 2.13. The van der Waals surface area contributed by atoms with Crippen LogP contribution in [0.1, 0.15) is 58.9 Å². The number of rotatable bonds is 6. The van der Waals surface area contributed by atoms with Crippen molar-refractivity contribution in [3.63, 3.8) is 0 Å². The molecule has 2 N–H and O–H groups in total. The summed E-state index contributed by atoms with van der Waals surface area (Å²) in [7, 11) is 0. The van der Waals surface area contributed by atoms with Gasteiger partial charge in [0.2, 0.25) is 11.8 Å². The summed E-state index contributed by atoms with van der Waals surface area (Å²) < 4.78 is 1.63. The van der Waals surface area contributed by atoms with Crippen molar-refractivity contribution in [3.05, 3.63) is 16.4 Å². The zero-order valence-electron chi connectivity index (χ0n) is 14.0. The van der Waals surface area contributed by atoms with Gasteiger partial charge in [-0.3, -0.25) is 14.2 Å². The summed E-state index contributed by atoms with van der Waals surface area (Å²) in [6.07, 6.45) is 4.89. The molecule has 1 aromatic rings. The smallest absolute Gasteiger partial charge is 0.258 e. The Morgan fingerprint density at radius 3 is 2.74 bits per heavy atom. The van der Waals surface area contributed by atoms with E-state index in [1.54, 1.807) is 4.57 Å². The van der Waals surface area contributed by atoms with Crippen LogP contribution in [0.4, 0.5) is 0 Å². The third kappa shape index (κ3) is 4.73. The van der Waals surface area contributed by atoms with Gasteiger partial charge in [-0.15, -0.1) is 0 Å². The molecular formula is C16H25N3O3S. The standard InChI is InChI=1S/C16H25N3O3S/c1-4-16(2,3)18-13(21)10-23-15-17-12(20)9-14(22)19(15)11-7-5-6-8-11/h9,11,20H,4-8,10H2,1-3H3,(H,18,21). The molecule has 1 amide bonds. The van der Waals surface area contributed by atoms with E-state index in [0.717, 1.165) is 38.2 Å². The van der Waals surface area contributed by atoms with Gasteiger partial charge in [0.05, 0.1) is 11.8 Å². The van der Waals surface area contributed by atoms with E-state index < -0.39 is 0 Å². The second-order valence-electron chi connectivity index (χ2n) is 6.62. The molecule has 0 spiro atoms. The summed E-state index contributed by atoms with van der Waals surface area (Å²) in [4.78, 5) is 28.4. The first-order valence-electron chi connectivity index (χ1n) is 8.09. The first kappa shape index (κ1) is 17.8. The number of carbonyl (C=O) groups is 1. The number of aromatic hydroxyl groups is 1. The average molecular weight is 339 g/mol. The number of carbonyl (C=O) groups excluding carboxylic acids is 1. The number of nitrogens with one attached hydrogen (secondary N) is 1. The molecular weight excluding hydrogens is 314 g/mol. The van der Waals surface area contributed by atoms with Gasteiger partial charge in [-0.25, -0.2) is 0 Å². The monoisotopic (exact) mass is 339 g/mol. The second-order valence-corrected chi connectivity index (χ2v) is 7.56. The molecule has 0 saturated heterocycles. The van der Waals surface area contributed by atoms with Gasteiger partial charge in [-0.05, 0) is 33.1 Å². The van der Waals surface area contributed by atoms with Crippen molar-refractivity contribution in [2.24, 2.45) is 0 Å². The molecule has 0 aliphatic heterocycles. The zero-order chi connectivity index (χ0) is 17.0. The molecule has 1 fully saturated rings.